The van der Waals surface area contributed by atoms with Crippen molar-refractivity contribution < 1.29 is 19.4 Å². The standard InChI is InChI=1S/C20H16O4/c1-20(12-6-3-2-4-7-12)11-10-14-17(22)13-8-5-9-15(21)16(13)18(23)19(14)24-20/h2-9,21H,10-11H2,1H3. The number of hydrogen-bond donors (Lipinski definition) is 1. The number of Topliss-reactive ketones (excluding diaryl/α,β-unsaturated/α-hetero) is 2. The summed E-state index contributed by atoms with van der Waals surface area (Å²) in [6.07, 6.45) is 1.09. The van der Waals surface area contributed by atoms with E-state index in [4.69, 9.17) is 4.74 Å². The predicted molar refractivity (Wildman–Crippen MR) is 87.9 cm³/mol. The van der Waals surface area contributed by atoms with Crippen molar-refractivity contribution in [3.05, 3.63) is 76.6 Å². The Hall–Kier alpha value is -2.88. The summed E-state index contributed by atoms with van der Waals surface area (Å²) in [5, 5.41) is 10.0. The molecule has 2 aliphatic rings. The van der Waals surface area contributed by atoms with E-state index in [0.717, 1.165) is 5.56 Å². The maximum absolute atomic E-state index is 12.8. The van der Waals surface area contributed by atoms with E-state index in [1.807, 2.05) is 37.3 Å². The van der Waals surface area contributed by atoms with Crippen molar-refractivity contribution in [2.24, 2.45) is 0 Å². The van der Waals surface area contributed by atoms with Gasteiger partial charge in [0.25, 0.3) is 0 Å². The topological polar surface area (TPSA) is 63.6 Å². The number of rotatable bonds is 1. The minimum Gasteiger partial charge on any atom is -0.507 e. The highest BCUT2D eigenvalue weighted by molar-refractivity contribution is 6.27. The summed E-state index contributed by atoms with van der Waals surface area (Å²) in [7, 11) is 0. The van der Waals surface area contributed by atoms with E-state index in [2.05, 4.69) is 0 Å². The van der Waals surface area contributed by atoms with Gasteiger partial charge in [0.15, 0.2) is 11.5 Å². The molecule has 1 atom stereocenters. The highest BCUT2D eigenvalue weighted by atomic mass is 16.5. The van der Waals surface area contributed by atoms with Crippen LogP contribution in [0.5, 0.6) is 5.75 Å². The third kappa shape index (κ3) is 1.99. The highest BCUT2D eigenvalue weighted by Gasteiger charge is 2.43. The van der Waals surface area contributed by atoms with Crippen LogP contribution in [0.4, 0.5) is 0 Å². The van der Waals surface area contributed by atoms with Gasteiger partial charge in [-0.25, -0.2) is 0 Å². The van der Waals surface area contributed by atoms with E-state index < -0.39 is 11.4 Å². The van der Waals surface area contributed by atoms with Gasteiger partial charge in [0.2, 0.25) is 5.78 Å². The van der Waals surface area contributed by atoms with Crippen LogP contribution in [-0.4, -0.2) is 16.7 Å². The molecule has 0 radical (unpaired) electrons. The third-order valence-electron chi connectivity index (χ3n) is 4.83. The van der Waals surface area contributed by atoms with Crippen molar-refractivity contribution in [1.82, 2.24) is 0 Å². The molecule has 24 heavy (non-hydrogen) atoms. The van der Waals surface area contributed by atoms with Crippen LogP contribution in [0.25, 0.3) is 0 Å². The van der Waals surface area contributed by atoms with Crippen LogP contribution in [0.15, 0.2) is 59.9 Å². The fourth-order valence-electron chi connectivity index (χ4n) is 3.45. The van der Waals surface area contributed by atoms with Crippen molar-refractivity contribution in [2.75, 3.05) is 0 Å². The number of ether oxygens (including phenoxy) is 1. The highest BCUT2D eigenvalue weighted by Crippen LogP contribution is 2.44. The molecule has 1 aliphatic heterocycles. The van der Waals surface area contributed by atoms with Crippen molar-refractivity contribution >= 4 is 11.6 Å². The van der Waals surface area contributed by atoms with Crippen molar-refractivity contribution in [2.45, 2.75) is 25.4 Å². The van der Waals surface area contributed by atoms with E-state index in [1.165, 1.54) is 6.07 Å². The van der Waals surface area contributed by atoms with Gasteiger partial charge in [-0.3, -0.25) is 9.59 Å². The molecule has 0 saturated carbocycles. The number of phenols is 1. The average molecular weight is 320 g/mol. The molecule has 1 N–H and O–H groups in total. The molecule has 2 aromatic carbocycles. The van der Waals surface area contributed by atoms with E-state index in [9.17, 15) is 14.7 Å². The van der Waals surface area contributed by atoms with Crippen LogP contribution in [0.3, 0.4) is 0 Å². The summed E-state index contributed by atoms with van der Waals surface area (Å²) in [6.45, 7) is 1.92. The molecule has 1 unspecified atom stereocenters. The molecule has 0 fully saturated rings. The Morgan fingerprint density at radius 3 is 2.50 bits per heavy atom. The summed E-state index contributed by atoms with van der Waals surface area (Å²) in [6, 6.07) is 14.2. The first-order chi connectivity index (χ1) is 11.5. The second-order valence-electron chi connectivity index (χ2n) is 6.36. The first-order valence-corrected chi connectivity index (χ1v) is 7.90. The molecule has 1 aliphatic carbocycles. The zero-order chi connectivity index (χ0) is 16.9. The Balaban J connectivity index is 1.81. The number of fused-ring (bicyclic) bond motifs is 1. The number of carbonyl (C=O) groups is 2. The normalized spacial score (nSPS) is 22.7. The van der Waals surface area contributed by atoms with Crippen LogP contribution in [0.2, 0.25) is 0 Å². The zero-order valence-electron chi connectivity index (χ0n) is 13.2. The Bertz CT molecular complexity index is 895. The van der Waals surface area contributed by atoms with Crippen LogP contribution >= 0.6 is 0 Å². The minimum atomic E-state index is -0.669. The van der Waals surface area contributed by atoms with Gasteiger partial charge >= 0.3 is 0 Å². The largest absolute Gasteiger partial charge is 0.507 e. The van der Waals surface area contributed by atoms with Gasteiger partial charge in [-0.05, 0) is 31.4 Å². The summed E-state index contributed by atoms with van der Waals surface area (Å²) in [4.78, 5) is 25.5. The molecule has 1 heterocycles. The number of hydrogen-bond acceptors (Lipinski definition) is 4. The summed E-state index contributed by atoms with van der Waals surface area (Å²) in [5.41, 5.74) is 0.994. The Labute approximate surface area is 139 Å². The SMILES string of the molecule is CC1(c2ccccc2)CCC2=C(O1)C(=O)c1c(O)cccc1C2=O. The molecule has 4 rings (SSSR count). The number of ketones is 2. The number of aromatic hydroxyl groups is 1. The second kappa shape index (κ2) is 5.06. The number of carbonyl (C=O) groups excluding carboxylic acids is 2. The molecule has 0 amide bonds. The van der Waals surface area contributed by atoms with Gasteiger partial charge in [0.05, 0.1) is 5.56 Å². The Kier molecular flexibility index (Phi) is 3.10. The van der Waals surface area contributed by atoms with Crippen molar-refractivity contribution in [3.63, 3.8) is 0 Å². The number of allylic oxidation sites excluding steroid dienone is 2. The number of phenolic OH excluding ortho intramolecular Hbond substituents is 1. The monoisotopic (exact) mass is 320 g/mol. The lowest BCUT2D eigenvalue weighted by Gasteiger charge is -2.38. The maximum Gasteiger partial charge on any atom is 0.232 e. The molecule has 2 aromatic rings. The van der Waals surface area contributed by atoms with Crippen LogP contribution < -0.4 is 0 Å². The van der Waals surface area contributed by atoms with Gasteiger partial charge in [0.1, 0.15) is 11.4 Å². The fraction of sp³-hybridized carbons (Fsp3) is 0.200. The molecular formula is C20H16O4. The lowest BCUT2D eigenvalue weighted by molar-refractivity contribution is -0.00790. The lowest BCUT2D eigenvalue weighted by atomic mass is 9.79. The van der Waals surface area contributed by atoms with Crippen molar-refractivity contribution in [1.29, 1.82) is 0 Å². The molecular weight excluding hydrogens is 304 g/mol. The van der Waals surface area contributed by atoms with Crippen LogP contribution in [-0.2, 0) is 10.3 Å². The molecule has 4 heteroatoms. The van der Waals surface area contributed by atoms with E-state index in [0.29, 0.717) is 18.4 Å². The average Bonchev–Trinajstić information content (AvgIpc) is 2.60. The molecule has 120 valence electrons. The molecule has 0 saturated heterocycles. The van der Waals surface area contributed by atoms with Gasteiger partial charge in [-0.15, -0.1) is 0 Å². The smallest absolute Gasteiger partial charge is 0.232 e. The summed E-state index contributed by atoms with van der Waals surface area (Å²) in [5.74, 6) is -0.759. The maximum atomic E-state index is 12.8. The Morgan fingerprint density at radius 2 is 1.75 bits per heavy atom. The lowest BCUT2D eigenvalue weighted by Crippen LogP contribution is -2.36. The fourth-order valence-corrected chi connectivity index (χ4v) is 3.45. The third-order valence-corrected chi connectivity index (χ3v) is 4.83. The first kappa shape index (κ1) is 14.7. The van der Waals surface area contributed by atoms with E-state index >= 15 is 0 Å². The minimum absolute atomic E-state index is 0.0403. The molecule has 0 spiro atoms. The quantitative estimate of drug-likeness (QED) is 0.869. The first-order valence-electron chi connectivity index (χ1n) is 7.90. The van der Waals surface area contributed by atoms with E-state index in [1.54, 1.807) is 12.1 Å². The molecule has 4 nitrogen and oxygen atoms in total. The molecule has 0 aromatic heterocycles. The van der Waals surface area contributed by atoms with Gasteiger partial charge in [-0.2, -0.15) is 0 Å². The number of benzene rings is 2. The van der Waals surface area contributed by atoms with Gasteiger partial charge < -0.3 is 9.84 Å². The van der Waals surface area contributed by atoms with Crippen LogP contribution in [0.1, 0.15) is 46.0 Å². The van der Waals surface area contributed by atoms with Gasteiger partial charge in [-0.1, -0.05) is 42.5 Å². The van der Waals surface area contributed by atoms with Crippen molar-refractivity contribution in [3.8, 4) is 5.75 Å². The predicted octanol–water partition coefficient (Wildman–Crippen LogP) is 3.75. The van der Waals surface area contributed by atoms with Gasteiger partial charge in [0, 0.05) is 11.1 Å². The zero-order valence-corrected chi connectivity index (χ0v) is 13.2. The summed E-state index contributed by atoms with van der Waals surface area (Å²) >= 11 is 0. The Morgan fingerprint density at radius 1 is 1.00 bits per heavy atom. The van der Waals surface area contributed by atoms with E-state index in [-0.39, 0.29) is 28.4 Å². The second-order valence-corrected chi connectivity index (χ2v) is 6.36. The van der Waals surface area contributed by atoms with Crippen LogP contribution in [0, 0.1) is 0 Å². The summed E-state index contributed by atoms with van der Waals surface area (Å²) < 4.78 is 6.06. The molecule has 0 bridgehead atoms.